The number of nitro groups is 2. The van der Waals surface area contributed by atoms with E-state index < -0.39 is 95.3 Å². The average Bonchev–Trinajstić information content (AvgIpc) is 3.11. The van der Waals surface area contributed by atoms with Crippen LogP contribution in [-0.4, -0.2) is 55.6 Å². The van der Waals surface area contributed by atoms with E-state index in [-0.39, 0.29) is 34.6 Å². The van der Waals surface area contributed by atoms with Gasteiger partial charge in [-0.25, -0.2) is 22.7 Å². The number of carbonyl (C=O) groups is 3. The van der Waals surface area contributed by atoms with Gasteiger partial charge in [0.15, 0.2) is 6.61 Å². The Morgan fingerprint density at radius 3 is 1.52 bits per heavy atom. The summed E-state index contributed by atoms with van der Waals surface area (Å²) in [7, 11) is -4.00. The van der Waals surface area contributed by atoms with Crippen LogP contribution in [0.1, 0.15) is 38.8 Å². The maximum atomic E-state index is 12.7. The van der Waals surface area contributed by atoms with Crippen molar-refractivity contribution >= 4 is 62.4 Å². The second kappa shape index (κ2) is 18.8. The van der Waals surface area contributed by atoms with Crippen molar-refractivity contribution in [2.24, 2.45) is 0 Å². The van der Waals surface area contributed by atoms with Gasteiger partial charge in [-0.2, -0.15) is 26.3 Å². The SMILES string of the molecule is CCOC(=O)COC(=O)c1cc(Oc2ccc(C(F)(F)F)cc2Cl)ccc1[N+](=O)[O-].CS(=O)(=O)NC(=O)c1cc(Oc2ccc(C(F)(F)F)cc2Cl)ccc1[N+](=O)[O-]. The molecule has 0 aliphatic heterocycles. The van der Waals surface area contributed by atoms with Gasteiger partial charge in [0, 0.05) is 24.3 Å². The lowest BCUT2D eigenvalue weighted by Crippen LogP contribution is -2.29. The third-order valence-corrected chi connectivity index (χ3v) is 7.82. The number of nitrogens with one attached hydrogen (secondary N) is 1. The number of esters is 2. The number of hydrogen-bond acceptors (Lipinski definition) is 13. The van der Waals surface area contributed by atoms with Crippen LogP contribution in [0.25, 0.3) is 0 Å². The second-order valence-electron chi connectivity index (χ2n) is 10.9. The molecule has 0 atom stereocenters. The van der Waals surface area contributed by atoms with Crippen LogP contribution in [0.15, 0.2) is 72.8 Å². The van der Waals surface area contributed by atoms with Crippen LogP contribution in [0.5, 0.6) is 23.0 Å². The third kappa shape index (κ3) is 13.2. The maximum Gasteiger partial charge on any atom is 0.416 e. The molecule has 58 heavy (non-hydrogen) atoms. The second-order valence-corrected chi connectivity index (χ2v) is 13.5. The average molecular weight is 887 g/mol. The lowest BCUT2D eigenvalue weighted by Gasteiger charge is -2.12. The van der Waals surface area contributed by atoms with Crippen molar-refractivity contribution in [1.82, 2.24) is 4.72 Å². The predicted octanol–water partition coefficient (Wildman–Crippen LogP) is 8.53. The molecule has 4 aromatic rings. The molecule has 0 saturated carbocycles. The van der Waals surface area contributed by atoms with Crippen LogP contribution in [0.4, 0.5) is 37.7 Å². The minimum Gasteiger partial charge on any atom is -0.463 e. The normalized spacial score (nSPS) is 11.3. The molecule has 0 fully saturated rings. The van der Waals surface area contributed by atoms with E-state index in [0.29, 0.717) is 24.5 Å². The summed E-state index contributed by atoms with van der Waals surface area (Å²) < 4.78 is 120. The monoisotopic (exact) mass is 885 g/mol. The minimum absolute atomic E-state index is 0.0493. The van der Waals surface area contributed by atoms with Crippen LogP contribution < -0.4 is 14.2 Å². The molecule has 0 aromatic heterocycles. The van der Waals surface area contributed by atoms with Gasteiger partial charge in [-0.1, -0.05) is 23.2 Å². The fourth-order valence-electron chi connectivity index (χ4n) is 4.22. The van der Waals surface area contributed by atoms with E-state index >= 15 is 0 Å². The molecular weight excluding hydrogens is 863 g/mol. The summed E-state index contributed by atoms with van der Waals surface area (Å²) in [6.45, 7) is 0.825. The first-order chi connectivity index (χ1) is 26.8. The number of hydrogen-bond donors (Lipinski definition) is 1. The van der Waals surface area contributed by atoms with E-state index in [0.717, 1.165) is 54.6 Å². The van der Waals surface area contributed by atoms with Crippen LogP contribution in [0.3, 0.4) is 0 Å². The highest BCUT2D eigenvalue weighted by Crippen LogP contribution is 2.39. The molecule has 0 unspecified atom stereocenters. The number of carbonyl (C=O) groups excluding carboxylic acids is 3. The molecule has 0 aliphatic rings. The zero-order chi connectivity index (χ0) is 43.7. The number of nitrogens with zero attached hydrogens (tertiary/aromatic N) is 2. The number of halogens is 8. The van der Waals surface area contributed by atoms with Gasteiger partial charge in [0.1, 0.15) is 34.1 Å². The first-order valence-corrected chi connectivity index (χ1v) is 18.0. The van der Waals surface area contributed by atoms with E-state index in [1.165, 1.54) is 6.92 Å². The highest BCUT2D eigenvalue weighted by molar-refractivity contribution is 7.89. The highest BCUT2D eigenvalue weighted by atomic mass is 35.5. The van der Waals surface area contributed by atoms with Crippen molar-refractivity contribution in [3.8, 4) is 23.0 Å². The summed E-state index contributed by atoms with van der Waals surface area (Å²) in [5.41, 5.74) is -4.50. The topological polar surface area (TPSA) is 221 Å². The molecule has 0 bridgehead atoms. The number of alkyl halides is 6. The summed E-state index contributed by atoms with van der Waals surface area (Å²) in [5, 5.41) is 21.5. The molecule has 1 amide bonds. The minimum atomic E-state index is -4.62. The summed E-state index contributed by atoms with van der Waals surface area (Å²) in [6.07, 6.45) is -8.54. The number of sulfonamides is 1. The summed E-state index contributed by atoms with van der Waals surface area (Å²) >= 11 is 11.6. The van der Waals surface area contributed by atoms with Crippen LogP contribution in [0, 0.1) is 20.2 Å². The first-order valence-electron chi connectivity index (χ1n) is 15.3. The van der Waals surface area contributed by atoms with Gasteiger partial charge in [-0.15, -0.1) is 0 Å². The molecular formula is C33H23Cl2F6N3O13S. The van der Waals surface area contributed by atoms with Gasteiger partial charge in [0.05, 0.1) is 43.9 Å². The largest absolute Gasteiger partial charge is 0.463 e. The van der Waals surface area contributed by atoms with Crippen LogP contribution in [0.2, 0.25) is 10.0 Å². The molecule has 4 aromatic carbocycles. The lowest BCUT2D eigenvalue weighted by molar-refractivity contribution is -0.385. The molecule has 4 rings (SSSR count). The summed E-state index contributed by atoms with van der Waals surface area (Å²) in [6, 6.07) is 10.4. The Balaban J connectivity index is 0.000000311. The highest BCUT2D eigenvalue weighted by Gasteiger charge is 2.32. The molecule has 1 N–H and O–H groups in total. The van der Waals surface area contributed by atoms with E-state index in [2.05, 4.69) is 4.74 Å². The lowest BCUT2D eigenvalue weighted by atomic mass is 10.1. The van der Waals surface area contributed by atoms with Gasteiger partial charge in [-0.3, -0.25) is 25.0 Å². The smallest absolute Gasteiger partial charge is 0.416 e. The van der Waals surface area contributed by atoms with Crippen molar-refractivity contribution in [1.29, 1.82) is 0 Å². The van der Waals surface area contributed by atoms with Gasteiger partial charge < -0.3 is 18.9 Å². The van der Waals surface area contributed by atoms with E-state index in [1.54, 1.807) is 4.72 Å². The van der Waals surface area contributed by atoms with Crippen molar-refractivity contribution in [3.05, 3.63) is 125 Å². The molecule has 0 aliphatic carbocycles. The molecule has 310 valence electrons. The third-order valence-electron chi connectivity index (χ3n) is 6.67. The Morgan fingerprint density at radius 1 is 0.707 bits per heavy atom. The Morgan fingerprint density at radius 2 is 1.14 bits per heavy atom. The molecule has 0 radical (unpaired) electrons. The number of ether oxygens (including phenoxy) is 4. The van der Waals surface area contributed by atoms with Crippen molar-refractivity contribution in [2.75, 3.05) is 19.5 Å². The van der Waals surface area contributed by atoms with Crippen molar-refractivity contribution in [3.63, 3.8) is 0 Å². The van der Waals surface area contributed by atoms with Gasteiger partial charge in [0.2, 0.25) is 10.0 Å². The standard InChI is InChI=1S/C18H13ClF3NO7.C15H10ClF3N2O6S/c1-2-28-16(24)9-29-17(25)12-8-11(4-5-14(12)23(26)27)30-15-6-3-10(7-13(15)19)18(20,21)22;1-28(25,26)20-14(22)10-7-9(3-4-12(10)21(23)24)27-13-5-2-8(6-11(13)16)15(17,18)19/h3-8H,2,9H2,1H3;2-7H,1H3,(H,20,22). The Hall–Kier alpha value is -6.20. The quantitative estimate of drug-likeness (QED) is 0.0611. The molecule has 16 nitrogen and oxygen atoms in total. The van der Waals surface area contributed by atoms with Crippen molar-refractivity contribution < 1.29 is 77.9 Å². The number of amides is 1. The van der Waals surface area contributed by atoms with E-state index in [4.69, 9.17) is 37.4 Å². The predicted molar refractivity (Wildman–Crippen MR) is 188 cm³/mol. The Kier molecular flexibility index (Phi) is 15.0. The van der Waals surface area contributed by atoms with Crippen LogP contribution in [-0.2, 0) is 36.6 Å². The van der Waals surface area contributed by atoms with Crippen molar-refractivity contribution in [2.45, 2.75) is 19.3 Å². The molecule has 0 saturated heterocycles. The number of benzene rings is 4. The van der Waals surface area contributed by atoms with E-state index in [9.17, 15) is 69.4 Å². The maximum absolute atomic E-state index is 12.7. The Bertz CT molecular complexity index is 2360. The Labute approximate surface area is 331 Å². The van der Waals surface area contributed by atoms with Gasteiger partial charge in [-0.05, 0) is 55.5 Å². The fourth-order valence-corrected chi connectivity index (χ4v) is 5.11. The summed E-state index contributed by atoms with van der Waals surface area (Å²) in [4.78, 5) is 55.9. The zero-order valence-electron chi connectivity index (χ0n) is 29.0. The van der Waals surface area contributed by atoms with Crippen LogP contribution >= 0.6 is 23.2 Å². The van der Waals surface area contributed by atoms with Gasteiger partial charge in [0.25, 0.3) is 17.3 Å². The number of nitro benzene ring substituents is 2. The zero-order valence-corrected chi connectivity index (χ0v) is 31.3. The van der Waals surface area contributed by atoms with E-state index in [1.807, 2.05) is 0 Å². The van der Waals surface area contributed by atoms with Gasteiger partial charge >= 0.3 is 24.3 Å². The molecule has 0 heterocycles. The fraction of sp³-hybridized carbons (Fsp3) is 0.182. The number of rotatable bonds is 12. The molecule has 25 heteroatoms. The summed E-state index contributed by atoms with van der Waals surface area (Å²) in [5.74, 6) is -4.03. The molecule has 0 spiro atoms. The first kappa shape index (κ1) is 46.2.